The molecule has 0 atom stereocenters. The van der Waals surface area contributed by atoms with Crippen LogP contribution in [0.3, 0.4) is 0 Å². The Morgan fingerprint density at radius 1 is 1.04 bits per heavy atom. The molecule has 0 spiro atoms. The second-order valence-electron chi connectivity index (χ2n) is 6.11. The fraction of sp³-hybridized carbons (Fsp3) is 0.333. The molecular formula is C21H26N2O3. The molecule has 0 aliphatic carbocycles. The third kappa shape index (κ3) is 6.59. The van der Waals surface area contributed by atoms with Crippen LogP contribution in [0.15, 0.2) is 48.5 Å². The van der Waals surface area contributed by atoms with Crippen molar-refractivity contribution in [3.63, 3.8) is 0 Å². The summed E-state index contributed by atoms with van der Waals surface area (Å²) >= 11 is 0. The Hall–Kier alpha value is -2.82. The Bertz CT molecular complexity index is 744. The molecule has 0 unspecified atom stereocenters. The Morgan fingerprint density at radius 3 is 2.62 bits per heavy atom. The first-order valence-electron chi connectivity index (χ1n) is 8.92. The molecule has 2 N–H and O–H groups in total. The monoisotopic (exact) mass is 354 g/mol. The number of rotatable bonds is 9. The number of amides is 2. The van der Waals surface area contributed by atoms with Crippen LogP contribution in [0.5, 0.6) is 5.75 Å². The van der Waals surface area contributed by atoms with Gasteiger partial charge in [-0.05, 0) is 55.7 Å². The van der Waals surface area contributed by atoms with Crippen LogP contribution in [0.2, 0.25) is 0 Å². The molecule has 0 aliphatic rings. The van der Waals surface area contributed by atoms with Gasteiger partial charge in [0, 0.05) is 25.1 Å². The van der Waals surface area contributed by atoms with Gasteiger partial charge in [-0.25, -0.2) is 0 Å². The highest BCUT2D eigenvalue weighted by atomic mass is 16.5. The summed E-state index contributed by atoms with van der Waals surface area (Å²) in [7, 11) is 0. The van der Waals surface area contributed by atoms with Crippen molar-refractivity contribution >= 4 is 11.8 Å². The summed E-state index contributed by atoms with van der Waals surface area (Å²) in [6, 6.07) is 15.1. The van der Waals surface area contributed by atoms with E-state index in [1.54, 1.807) is 12.1 Å². The first-order valence-corrected chi connectivity index (χ1v) is 8.92. The van der Waals surface area contributed by atoms with Gasteiger partial charge in [0.25, 0.3) is 5.91 Å². The van der Waals surface area contributed by atoms with Gasteiger partial charge >= 0.3 is 0 Å². The van der Waals surface area contributed by atoms with E-state index in [2.05, 4.69) is 10.6 Å². The van der Waals surface area contributed by atoms with Gasteiger partial charge < -0.3 is 15.4 Å². The third-order valence-electron chi connectivity index (χ3n) is 3.82. The van der Waals surface area contributed by atoms with E-state index in [9.17, 15) is 9.59 Å². The minimum absolute atomic E-state index is 0.0266. The number of carbonyl (C=O) groups excluding carboxylic acids is 2. The molecule has 5 heteroatoms. The zero-order valence-electron chi connectivity index (χ0n) is 15.4. The minimum atomic E-state index is -0.103. The predicted octanol–water partition coefficient (Wildman–Crippen LogP) is 3.22. The van der Waals surface area contributed by atoms with Crippen molar-refractivity contribution in [1.82, 2.24) is 10.6 Å². The molecule has 138 valence electrons. The number of hydrogen-bond donors (Lipinski definition) is 2. The average Bonchev–Trinajstić information content (AvgIpc) is 2.64. The molecule has 0 fully saturated rings. The summed E-state index contributed by atoms with van der Waals surface area (Å²) in [5.74, 6) is 0.697. The number of nitrogens with one attached hydrogen (secondary N) is 2. The fourth-order valence-electron chi connectivity index (χ4n) is 2.50. The first kappa shape index (κ1) is 19.5. The molecule has 0 heterocycles. The molecule has 0 radical (unpaired) electrons. The van der Waals surface area contributed by atoms with Gasteiger partial charge in [0.05, 0.1) is 6.61 Å². The zero-order chi connectivity index (χ0) is 18.8. The summed E-state index contributed by atoms with van der Waals surface area (Å²) in [5.41, 5.74) is 2.65. The molecule has 0 saturated heterocycles. The lowest BCUT2D eigenvalue weighted by atomic mass is 10.1. The fourth-order valence-corrected chi connectivity index (χ4v) is 2.50. The maximum Gasteiger partial charge on any atom is 0.251 e. The van der Waals surface area contributed by atoms with Crippen molar-refractivity contribution in [3.8, 4) is 5.75 Å². The van der Waals surface area contributed by atoms with Gasteiger partial charge in [-0.2, -0.15) is 0 Å². The lowest BCUT2D eigenvalue weighted by molar-refractivity contribution is -0.121. The molecule has 26 heavy (non-hydrogen) atoms. The van der Waals surface area contributed by atoms with Crippen LogP contribution < -0.4 is 15.4 Å². The second kappa shape index (κ2) is 10.2. The van der Waals surface area contributed by atoms with E-state index in [4.69, 9.17) is 4.74 Å². The van der Waals surface area contributed by atoms with E-state index < -0.39 is 0 Å². The summed E-state index contributed by atoms with van der Waals surface area (Å²) in [5, 5.41) is 5.64. The van der Waals surface area contributed by atoms with Crippen LogP contribution in [0.1, 0.15) is 41.3 Å². The van der Waals surface area contributed by atoms with E-state index in [0.29, 0.717) is 38.1 Å². The Morgan fingerprint density at radius 2 is 1.85 bits per heavy atom. The molecule has 0 saturated carbocycles. The van der Waals surface area contributed by atoms with Gasteiger partial charge in [-0.3, -0.25) is 9.59 Å². The van der Waals surface area contributed by atoms with E-state index in [0.717, 1.165) is 16.9 Å². The molecule has 5 nitrogen and oxygen atoms in total. The highest BCUT2D eigenvalue weighted by Crippen LogP contribution is 2.12. The first-order chi connectivity index (χ1) is 12.6. The lowest BCUT2D eigenvalue weighted by Crippen LogP contribution is -2.24. The van der Waals surface area contributed by atoms with E-state index in [-0.39, 0.29) is 11.8 Å². The lowest BCUT2D eigenvalue weighted by Gasteiger charge is -2.09. The summed E-state index contributed by atoms with van der Waals surface area (Å²) < 4.78 is 5.64. The highest BCUT2D eigenvalue weighted by Gasteiger charge is 2.06. The van der Waals surface area contributed by atoms with Gasteiger partial charge in [-0.1, -0.05) is 24.3 Å². The maximum atomic E-state index is 12.0. The van der Waals surface area contributed by atoms with Crippen LogP contribution >= 0.6 is 0 Å². The number of hydrogen-bond acceptors (Lipinski definition) is 3. The number of carbonyl (C=O) groups is 2. The van der Waals surface area contributed by atoms with Crippen molar-refractivity contribution in [1.29, 1.82) is 0 Å². The van der Waals surface area contributed by atoms with E-state index >= 15 is 0 Å². The van der Waals surface area contributed by atoms with Gasteiger partial charge in [0.1, 0.15) is 5.75 Å². The van der Waals surface area contributed by atoms with Crippen molar-refractivity contribution < 1.29 is 14.3 Å². The van der Waals surface area contributed by atoms with Crippen molar-refractivity contribution in [3.05, 3.63) is 65.2 Å². The number of ether oxygens (including phenoxy) is 1. The van der Waals surface area contributed by atoms with Crippen LogP contribution in [-0.4, -0.2) is 25.0 Å². The Labute approximate surface area is 154 Å². The van der Waals surface area contributed by atoms with Crippen LogP contribution in [0.4, 0.5) is 0 Å². The average molecular weight is 354 g/mol. The second-order valence-corrected chi connectivity index (χ2v) is 6.11. The highest BCUT2D eigenvalue weighted by molar-refractivity contribution is 5.94. The molecular weight excluding hydrogens is 328 g/mol. The molecule has 2 amide bonds. The third-order valence-corrected chi connectivity index (χ3v) is 3.82. The predicted molar refractivity (Wildman–Crippen MR) is 102 cm³/mol. The van der Waals surface area contributed by atoms with E-state index in [1.165, 1.54) is 0 Å². The van der Waals surface area contributed by atoms with Crippen LogP contribution in [-0.2, 0) is 11.3 Å². The molecule has 0 bridgehead atoms. The molecule has 0 aliphatic heterocycles. The van der Waals surface area contributed by atoms with Crippen molar-refractivity contribution in [2.24, 2.45) is 0 Å². The van der Waals surface area contributed by atoms with Crippen LogP contribution in [0.25, 0.3) is 0 Å². The summed E-state index contributed by atoms with van der Waals surface area (Å²) in [4.78, 5) is 23.8. The maximum absolute atomic E-state index is 12.0. The SMILES string of the molecule is CCNC(=O)c1cccc(CNC(=O)CCCOc2cccc(C)c2)c1. The quantitative estimate of drug-likeness (QED) is 0.680. The topological polar surface area (TPSA) is 67.4 Å². The molecule has 2 rings (SSSR count). The number of benzene rings is 2. The summed E-state index contributed by atoms with van der Waals surface area (Å²) in [6.45, 7) is 5.39. The van der Waals surface area contributed by atoms with Crippen molar-refractivity contribution in [2.45, 2.75) is 33.2 Å². The summed E-state index contributed by atoms with van der Waals surface area (Å²) in [6.07, 6.45) is 1.06. The Kier molecular flexibility index (Phi) is 7.68. The van der Waals surface area contributed by atoms with Gasteiger partial charge in [0.15, 0.2) is 0 Å². The normalized spacial score (nSPS) is 10.2. The Balaban J connectivity index is 1.70. The van der Waals surface area contributed by atoms with Gasteiger partial charge in [0.2, 0.25) is 5.91 Å². The molecule has 2 aromatic carbocycles. The van der Waals surface area contributed by atoms with Gasteiger partial charge in [-0.15, -0.1) is 0 Å². The molecule has 2 aromatic rings. The zero-order valence-corrected chi connectivity index (χ0v) is 15.4. The standard InChI is InChI=1S/C21H26N2O3/c1-3-22-21(25)18-9-5-8-17(14-18)15-23-20(24)11-6-12-26-19-10-4-7-16(2)13-19/h4-5,7-10,13-14H,3,6,11-12,15H2,1-2H3,(H,22,25)(H,23,24). The van der Waals surface area contributed by atoms with Crippen LogP contribution in [0, 0.1) is 6.92 Å². The van der Waals surface area contributed by atoms with Crippen molar-refractivity contribution in [2.75, 3.05) is 13.2 Å². The minimum Gasteiger partial charge on any atom is -0.494 e. The molecule has 0 aromatic heterocycles. The largest absolute Gasteiger partial charge is 0.494 e. The smallest absolute Gasteiger partial charge is 0.251 e. The number of aryl methyl sites for hydroxylation is 1. The van der Waals surface area contributed by atoms with E-state index in [1.807, 2.05) is 50.2 Å².